The highest BCUT2D eigenvalue weighted by Crippen LogP contribution is 2.14. The van der Waals surface area contributed by atoms with E-state index in [4.69, 9.17) is 4.74 Å². The zero-order valence-corrected chi connectivity index (χ0v) is 9.09. The maximum absolute atomic E-state index is 11.9. The molecule has 1 aromatic heterocycles. The fourth-order valence-corrected chi connectivity index (χ4v) is 1.74. The van der Waals surface area contributed by atoms with Crippen molar-refractivity contribution in [3.05, 3.63) is 23.9 Å². The van der Waals surface area contributed by atoms with E-state index in [2.05, 4.69) is 4.98 Å². The summed E-state index contributed by atoms with van der Waals surface area (Å²) in [5.74, 6) is 0.393. The average Bonchev–Trinajstić information content (AvgIpc) is 2.75. The van der Waals surface area contributed by atoms with Gasteiger partial charge in [0, 0.05) is 25.4 Å². The van der Waals surface area contributed by atoms with Gasteiger partial charge in [0.1, 0.15) is 0 Å². The number of methoxy groups -OCH3 is 1. The van der Waals surface area contributed by atoms with Gasteiger partial charge >= 0.3 is 0 Å². The highest BCUT2D eigenvalue weighted by atomic mass is 16.5. The third-order valence-corrected chi connectivity index (χ3v) is 2.64. The van der Waals surface area contributed by atoms with Crippen LogP contribution >= 0.6 is 0 Å². The molecule has 0 saturated carbocycles. The van der Waals surface area contributed by atoms with E-state index >= 15 is 0 Å². The SMILES string of the molecule is COc1ccc(C(=O)N2CC[C@H](O)C2)cn1. The standard InChI is InChI=1S/C11H14N2O3/c1-16-10-3-2-8(6-12-10)11(15)13-5-4-9(14)7-13/h2-3,6,9,14H,4-5,7H2,1H3/t9-/m0/s1. The van der Waals surface area contributed by atoms with E-state index in [1.165, 1.54) is 13.3 Å². The number of aliphatic hydroxyl groups excluding tert-OH is 1. The minimum Gasteiger partial charge on any atom is -0.481 e. The van der Waals surface area contributed by atoms with Crippen LogP contribution in [0.4, 0.5) is 0 Å². The molecular weight excluding hydrogens is 208 g/mol. The number of aliphatic hydroxyl groups is 1. The Kier molecular flexibility index (Phi) is 3.05. The summed E-state index contributed by atoms with van der Waals surface area (Å²) < 4.78 is 4.92. The fraction of sp³-hybridized carbons (Fsp3) is 0.455. The van der Waals surface area contributed by atoms with Crippen molar-refractivity contribution in [2.45, 2.75) is 12.5 Å². The molecule has 5 heteroatoms. The first-order valence-corrected chi connectivity index (χ1v) is 5.18. The summed E-state index contributed by atoms with van der Waals surface area (Å²) >= 11 is 0. The minimum absolute atomic E-state index is 0.0910. The molecular formula is C11H14N2O3. The normalized spacial score (nSPS) is 19.9. The molecule has 0 spiro atoms. The molecule has 1 aliphatic rings. The lowest BCUT2D eigenvalue weighted by Crippen LogP contribution is -2.29. The van der Waals surface area contributed by atoms with Crippen molar-refractivity contribution >= 4 is 5.91 Å². The fourth-order valence-electron chi connectivity index (χ4n) is 1.74. The maximum Gasteiger partial charge on any atom is 0.255 e. The van der Waals surface area contributed by atoms with Gasteiger partial charge in [0.2, 0.25) is 5.88 Å². The van der Waals surface area contributed by atoms with Crippen molar-refractivity contribution in [3.63, 3.8) is 0 Å². The Bertz CT molecular complexity index is 377. The van der Waals surface area contributed by atoms with E-state index in [1.54, 1.807) is 17.0 Å². The Balaban J connectivity index is 2.08. The van der Waals surface area contributed by atoms with Crippen molar-refractivity contribution in [1.29, 1.82) is 0 Å². The summed E-state index contributed by atoms with van der Waals surface area (Å²) in [6, 6.07) is 3.33. The summed E-state index contributed by atoms with van der Waals surface area (Å²) in [7, 11) is 1.53. The monoisotopic (exact) mass is 222 g/mol. The summed E-state index contributed by atoms with van der Waals surface area (Å²) in [6.45, 7) is 1.01. The molecule has 16 heavy (non-hydrogen) atoms. The van der Waals surface area contributed by atoms with Crippen LogP contribution in [-0.2, 0) is 0 Å². The van der Waals surface area contributed by atoms with Gasteiger partial charge in [-0.15, -0.1) is 0 Å². The van der Waals surface area contributed by atoms with E-state index in [0.717, 1.165) is 0 Å². The molecule has 0 radical (unpaired) electrons. The Morgan fingerprint density at radius 3 is 2.94 bits per heavy atom. The van der Waals surface area contributed by atoms with Gasteiger partial charge in [-0.05, 0) is 12.5 Å². The third kappa shape index (κ3) is 2.14. The van der Waals surface area contributed by atoms with Crippen LogP contribution in [0.15, 0.2) is 18.3 Å². The van der Waals surface area contributed by atoms with Crippen molar-refractivity contribution in [1.82, 2.24) is 9.88 Å². The summed E-state index contributed by atoms with van der Waals surface area (Å²) in [5, 5.41) is 9.35. The number of pyridine rings is 1. The summed E-state index contributed by atoms with van der Waals surface area (Å²) in [4.78, 5) is 17.5. The molecule has 2 rings (SSSR count). The van der Waals surface area contributed by atoms with Crippen molar-refractivity contribution in [3.8, 4) is 5.88 Å². The second-order valence-electron chi connectivity index (χ2n) is 3.78. The molecule has 0 bridgehead atoms. The number of hydrogen-bond donors (Lipinski definition) is 1. The first kappa shape index (κ1) is 10.9. The largest absolute Gasteiger partial charge is 0.481 e. The number of hydrogen-bond acceptors (Lipinski definition) is 4. The van der Waals surface area contributed by atoms with Gasteiger partial charge in [-0.3, -0.25) is 4.79 Å². The highest BCUT2D eigenvalue weighted by Gasteiger charge is 2.25. The Morgan fingerprint density at radius 2 is 2.44 bits per heavy atom. The van der Waals surface area contributed by atoms with Crippen molar-refractivity contribution in [2.24, 2.45) is 0 Å². The molecule has 0 aliphatic carbocycles. The summed E-state index contributed by atoms with van der Waals surface area (Å²) in [6.07, 6.45) is 1.75. The number of amides is 1. The van der Waals surface area contributed by atoms with Crippen LogP contribution in [0.5, 0.6) is 5.88 Å². The molecule has 86 valence electrons. The van der Waals surface area contributed by atoms with Gasteiger partial charge in [-0.2, -0.15) is 0 Å². The molecule has 0 aromatic carbocycles. The number of rotatable bonds is 2. The maximum atomic E-state index is 11.9. The zero-order chi connectivity index (χ0) is 11.5. The molecule has 1 fully saturated rings. The second kappa shape index (κ2) is 4.49. The molecule has 0 unspecified atom stereocenters. The van der Waals surface area contributed by atoms with Gasteiger partial charge in [-0.25, -0.2) is 4.98 Å². The highest BCUT2D eigenvalue weighted by molar-refractivity contribution is 5.94. The van der Waals surface area contributed by atoms with Gasteiger partial charge in [0.05, 0.1) is 18.8 Å². The average molecular weight is 222 g/mol. The van der Waals surface area contributed by atoms with Crippen LogP contribution < -0.4 is 4.74 Å². The third-order valence-electron chi connectivity index (χ3n) is 2.64. The number of β-amino-alcohol motifs (C(OH)–C–C–N with tert-alkyl or cyclic N) is 1. The number of nitrogens with zero attached hydrogens (tertiary/aromatic N) is 2. The van der Waals surface area contributed by atoms with E-state index in [0.29, 0.717) is 31.0 Å². The van der Waals surface area contributed by atoms with Crippen LogP contribution in [0.25, 0.3) is 0 Å². The van der Waals surface area contributed by atoms with Crippen LogP contribution in [0.2, 0.25) is 0 Å². The molecule has 1 atom stereocenters. The molecule has 1 aliphatic heterocycles. The predicted octanol–water partition coefficient (Wildman–Crippen LogP) is 0.297. The van der Waals surface area contributed by atoms with Crippen LogP contribution in [0, 0.1) is 0 Å². The Hall–Kier alpha value is -1.62. The first-order chi connectivity index (χ1) is 7.70. The molecule has 1 amide bonds. The van der Waals surface area contributed by atoms with Crippen molar-refractivity contribution in [2.75, 3.05) is 20.2 Å². The number of carbonyl (C=O) groups excluding carboxylic acids is 1. The topological polar surface area (TPSA) is 62.7 Å². The van der Waals surface area contributed by atoms with Gasteiger partial charge in [0.25, 0.3) is 5.91 Å². The second-order valence-corrected chi connectivity index (χ2v) is 3.78. The quantitative estimate of drug-likeness (QED) is 0.781. The molecule has 1 saturated heterocycles. The van der Waals surface area contributed by atoms with Gasteiger partial charge < -0.3 is 14.7 Å². The lowest BCUT2D eigenvalue weighted by Gasteiger charge is -2.15. The van der Waals surface area contributed by atoms with Gasteiger partial charge in [-0.1, -0.05) is 0 Å². The molecule has 2 heterocycles. The number of likely N-dealkylation sites (tertiary alicyclic amines) is 1. The minimum atomic E-state index is -0.393. The van der Waals surface area contributed by atoms with E-state index in [-0.39, 0.29) is 5.91 Å². The molecule has 1 aromatic rings. The molecule has 5 nitrogen and oxygen atoms in total. The lowest BCUT2D eigenvalue weighted by molar-refractivity contribution is 0.0764. The number of ether oxygens (including phenoxy) is 1. The smallest absolute Gasteiger partial charge is 0.255 e. The van der Waals surface area contributed by atoms with Crippen LogP contribution in [0.3, 0.4) is 0 Å². The van der Waals surface area contributed by atoms with E-state index in [9.17, 15) is 9.90 Å². The van der Waals surface area contributed by atoms with Crippen LogP contribution in [-0.4, -0.2) is 47.2 Å². The Morgan fingerprint density at radius 1 is 1.62 bits per heavy atom. The summed E-state index contributed by atoms with van der Waals surface area (Å²) in [5.41, 5.74) is 0.523. The van der Waals surface area contributed by atoms with Crippen LogP contribution in [0.1, 0.15) is 16.8 Å². The number of aromatic nitrogens is 1. The van der Waals surface area contributed by atoms with E-state index < -0.39 is 6.10 Å². The van der Waals surface area contributed by atoms with E-state index in [1.807, 2.05) is 0 Å². The van der Waals surface area contributed by atoms with Crippen molar-refractivity contribution < 1.29 is 14.6 Å². The zero-order valence-electron chi connectivity index (χ0n) is 9.09. The number of carbonyl (C=O) groups is 1. The first-order valence-electron chi connectivity index (χ1n) is 5.18. The molecule has 1 N–H and O–H groups in total. The predicted molar refractivity (Wildman–Crippen MR) is 57.3 cm³/mol. The lowest BCUT2D eigenvalue weighted by atomic mass is 10.2. The van der Waals surface area contributed by atoms with Gasteiger partial charge in [0.15, 0.2) is 0 Å². The Labute approximate surface area is 93.7 Å².